The summed E-state index contributed by atoms with van der Waals surface area (Å²) in [5.41, 5.74) is 0. The fraction of sp³-hybridized carbons (Fsp3) is 0.810. The lowest BCUT2D eigenvalue weighted by atomic mass is 10.1. The molecule has 0 aliphatic heterocycles. The predicted octanol–water partition coefficient (Wildman–Crippen LogP) is 6.96. The third-order valence-corrected chi connectivity index (χ3v) is 4.21. The number of aliphatic hydroxyl groups excluding tert-OH is 1. The van der Waals surface area contributed by atoms with Crippen LogP contribution in [0.4, 0.5) is 0 Å². The maximum Gasteiger partial charge on any atom is 0.0537 e. The first-order valence-corrected chi connectivity index (χ1v) is 9.79. The van der Waals surface area contributed by atoms with Gasteiger partial charge in [0.1, 0.15) is 0 Å². The summed E-state index contributed by atoms with van der Waals surface area (Å²) in [4.78, 5) is 0. The monoisotopic (exact) mass is 308 g/mol. The highest BCUT2D eigenvalue weighted by Crippen LogP contribution is 2.11. The minimum Gasteiger partial charge on any atom is -0.393 e. The number of hydrogen-bond donors (Lipinski definition) is 1. The molecule has 0 spiro atoms. The summed E-state index contributed by atoms with van der Waals surface area (Å²) in [6.07, 6.45) is 26.6. The van der Waals surface area contributed by atoms with Crippen LogP contribution < -0.4 is 0 Å². The third-order valence-electron chi connectivity index (χ3n) is 4.21. The van der Waals surface area contributed by atoms with Crippen LogP contribution in [0.2, 0.25) is 0 Å². The van der Waals surface area contributed by atoms with E-state index < -0.39 is 0 Å². The van der Waals surface area contributed by atoms with Gasteiger partial charge in [0.05, 0.1) is 6.10 Å². The van der Waals surface area contributed by atoms with Crippen LogP contribution in [0.5, 0.6) is 0 Å². The van der Waals surface area contributed by atoms with E-state index in [4.69, 9.17) is 0 Å². The van der Waals surface area contributed by atoms with Crippen LogP contribution in [-0.2, 0) is 0 Å². The molecule has 0 bridgehead atoms. The molecule has 0 radical (unpaired) electrons. The van der Waals surface area contributed by atoms with Crippen LogP contribution in [-0.4, -0.2) is 11.2 Å². The maximum atomic E-state index is 9.46. The molecule has 0 aromatic carbocycles. The summed E-state index contributed by atoms with van der Waals surface area (Å²) in [5, 5.41) is 9.46. The van der Waals surface area contributed by atoms with Crippen LogP contribution in [0.3, 0.4) is 0 Å². The van der Waals surface area contributed by atoms with Crippen molar-refractivity contribution in [2.45, 2.75) is 110 Å². The average Bonchev–Trinajstić information content (AvgIpc) is 2.54. The molecule has 0 aliphatic carbocycles. The molecule has 1 N–H and O–H groups in total. The Hall–Kier alpha value is -0.560. The Bertz CT molecular complexity index is 255. The molecule has 0 rings (SSSR count). The van der Waals surface area contributed by atoms with Crippen molar-refractivity contribution in [2.75, 3.05) is 0 Å². The highest BCUT2D eigenvalue weighted by Gasteiger charge is 1.99. The second kappa shape index (κ2) is 18.5. The molecule has 1 nitrogen and oxygen atoms in total. The average molecular weight is 309 g/mol. The quantitative estimate of drug-likeness (QED) is 0.241. The van der Waals surface area contributed by atoms with Crippen LogP contribution >= 0.6 is 0 Å². The summed E-state index contributed by atoms with van der Waals surface area (Å²) in [7, 11) is 0. The Labute approximate surface area is 139 Å². The van der Waals surface area contributed by atoms with E-state index in [0.717, 1.165) is 19.3 Å². The lowest BCUT2D eigenvalue weighted by molar-refractivity contribution is 0.156. The summed E-state index contributed by atoms with van der Waals surface area (Å²) in [6.45, 7) is 4.31. The van der Waals surface area contributed by atoms with Crippen LogP contribution in [0, 0.1) is 0 Å². The molecule has 1 atom stereocenters. The van der Waals surface area contributed by atoms with Gasteiger partial charge in [0, 0.05) is 0 Å². The largest absolute Gasteiger partial charge is 0.393 e. The molecule has 0 aromatic heterocycles. The Kier molecular flexibility index (Phi) is 18.0. The van der Waals surface area contributed by atoms with Crippen molar-refractivity contribution < 1.29 is 5.11 Å². The number of aliphatic hydroxyl groups is 1. The summed E-state index contributed by atoms with van der Waals surface area (Å²) < 4.78 is 0. The molecule has 0 aromatic rings. The topological polar surface area (TPSA) is 20.2 Å². The van der Waals surface area contributed by atoms with Gasteiger partial charge in [-0.25, -0.2) is 0 Å². The highest BCUT2D eigenvalue weighted by atomic mass is 16.3. The van der Waals surface area contributed by atoms with Gasteiger partial charge >= 0.3 is 0 Å². The smallest absolute Gasteiger partial charge is 0.0537 e. The zero-order chi connectivity index (χ0) is 16.3. The summed E-state index contributed by atoms with van der Waals surface area (Å²) in [6, 6.07) is 0. The molecule has 0 fully saturated rings. The van der Waals surface area contributed by atoms with Gasteiger partial charge in [-0.05, 0) is 44.9 Å². The van der Waals surface area contributed by atoms with Gasteiger partial charge in [0.25, 0.3) is 0 Å². The Morgan fingerprint density at radius 2 is 1.23 bits per heavy atom. The molecule has 0 saturated carbocycles. The van der Waals surface area contributed by atoms with Gasteiger partial charge in [-0.2, -0.15) is 0 Å². The molecule has 1 unspecified atom stereocenters. The summed E-state index contributed by atoms with van der Waals surface area (Å²) >= 11 is 0. The van der Waals surface area contributed by atoms with Crippen molar-refractivity contribution in [3.8, 4) is 0 Å². The third kappa shape index (κ3) is 17.5. The number of unbranched alkanes of at least 4 members (excludes halogenated alkanes) is 9. The van der Waals surface area contributed by atoms with E-state index in [2.05, 4.69) is 38.2 Å². The van der Waals surface area contributed by atoms with Gasteiger partial charge in [-0.1, -0.05) is 83.1 Å². The highest BCUT2D eigenvalue weighted by molar-refractivity contribution is 4.92. The van der Waals surface area contributed by atoms with Gasteiger partial charge in [-0.3, -0.25) is 0 Å². The fourth-order valence-corrected chi connectivity index (χ4v) is 2.57. The Morgan fingerprint density at radius 1 is 0.682 bits per heavy atom. The van der Waals surface area contributed by atoms with E-state index in [1.807, 2.05) is 0 Å². The molecule has 0 saturated heterocycles. The van der Waals surface area contributed by atoms with Gasteiger partial charge in [0.15, 0.2) is 0 Å². The molecule has 0 aliphatic rings. The molecular weight excluding hydrogens is 268 g/mol. The lowest BCUT2D eigenvalue weighted by Crippen LogP contribution is -2.03. The first-order chi connectivity index (χ1) is 10.8. The summed E-state index contributed by atoms with van der Waals surface area (Å²) in [5.74, 6) is 0. The first kappa shape index (κ1) is 21.4. The zero-order valence-electron chi connectivity index (χ0n) is 15.2. The fourth-order valence-electron chi connectivity index (χ4n) is 2.57. The first-order valence-electron chi connectivity index (χ1n) is 9.79. The van der Waals surface area contributed by atoms with E-state index in [1.54, 1.807) is 0 Å². The molecular formula is C21H40O. The standard InChI is InChI=1S/C21H40O/c1-3-5-6-7-8-9-10-11-12-13-14-15-16-17-18-19-20-21(22)4-2/h8-9,11-12,21-22H,3-7,10,13-20H2,1-2H3/b9-8-,12-11-. The minimum atomic E-state index is -0.0640. The molecule has 22 heavy (non-hydrogen) atoms. The van der Waals surface area contributed by atoms with Crippen LogP contribution in [0.15, 0.2) is 24.3 Å². The van der Waals surface area contributed by atoms with Gasteiger partial charge in [-0.15, -0.1) is 0 Å². The minimum absolute atomic E-state index is 0.0640. The van der Waals surface area contributed by atoms with Crippen LogP contribution in [0.25, 0.3) is 0 Å². The number of hydrogen-bond acceptors (Lipinski definition) is 1. The second-order valence-electron chi connectivity index (χ2n) is 6.44. The lowest BCUT2D eigenvalue weighted by Gasteiger charge is -2.06. The van der Waals surface area contributed by atoms with Crippen molar-refractivity contribution in [3.63, 3.8) is 0 Å². The zero-order valence-corrected chi connectivity index (χ0v) is 15.2. The van der Waals surface area contributed by atoms with Crippen molar-refractivity contribution in [3.05, 3.63) is 24.3 Å². The van der Waals surface area contributed by atoms with Gasteiger partial charge in [0.2, 0.25) is 0 Å². The molecule has 0 amide bonds. The van der Waals surface area contributed by atoms with Crippen molar-refractivity contribution in [1.82, 2.24) is 0 Å². The van der Waals surface area contributed by atoms with Crippen molar-refractivity contribution in [1.29, 1.82) is 0 Å². The SMILES string of the molecule is CCCCC/C=C\C/C=C\CCCCCCCCC(O)CC. The normalized spacial score (nSPS) is 13.4. The van der Waals surface area contributed by atoms with Crippen molar-refractivity contribution in [2.24, 2.45) is 0 Å². The van der Waals surface area contributed by atoms with Crippen LogP contribution in [0.1, 0.15) is 104 Å². The van der Waals surface area contributed by atoms with E-state index in [1.165, 1.54) is 70.6 Å². The predicted molar refractivity (Wildman–Crippen MR) is 100 cm³/mol. The van der Waals surface area contributed by atoms with Crippen molar-refractivity contribution >= 4 is 0 Å². The molecule has 0 heterocycles. The number of allylic oxidation sites excluding steroid dienone is 4. The number of rotatable bonds is 16. The van der Waals surface area contributed by atoms with E-state index in [0.29, 0.717) is 0 Å². The second-order valence-corrected chi connectivity index (χ2v) is 6.44. The Balaban J connectivity index is 3.17. The van der Waals surface area contributed by atoms with Gasteiger partial charge < -0.3 is 5.11 Å². The van der Waals surface area contributed by atoms with E-state index >= 15 is 0 Å². The Morgan fingerprint density at radius 3 is 1.82 bits per heavy atom. The molecule has 1 heteroatoms. The maximum absolute atomic E-state index is 9.46. The van der Waals surface area contributed by atoms with E-state index in [-0.39, 0.29) is 6.10 Å². The van der Waals surface area contributed by atoms with E-state index in [9.17, 15) is 5.11 Å². The molecule has 130 valence electrons.